The van der Waals surface area contributed by atoms with Gasteiger partial charge in [0.25, 0.3) is 0 Å². The molecule has 0 aliphatic rings. The van der Waals surface area contributed by atoms with Crippen LogP contribution in [0.25, 0.3) is 0 Å². The molecule has 0 unspecified atom stereocenters. The van der Waals surface area contributed by atoms with Gasteiger partial charge in [-0.2, -0.15) is 0 Å². The molecular formula is C13H17BrO2. The molecule has 0 aliphatic carbocycles. The van der Waals surface area contributed by atoms with E-state index in [-0.39, 0.29) is 5.97 Å². The summed E-state index contributed by atoms with van der Waals surface area (Å²) >= 11 is 3.44. The average Bonchev–Trinajstić information content (AvgIpc) is 2.25. The molecule has 1 atom stereocenters. The highest BCUT2D eigenvalue weighted by atomic mass is 79.9. The molecule has 0 bridgehead atoms. The third-order valence-corrected chi connectivity index (χ3v) is 3.27. The molecule has 0 N–H and O–H groups in total. The van der Waals surface area contributed by atoms with Crippen LogP contribution in [0.5, 0.6) is 0 Å². The second kappa shape index (κ2) is 6.04. The molecule has 1 aromatic rings. The van der Waals surface area contributed by atoms with E-state index in [4.69, 9.17) is 0 Å². The lowest BCUT2D eigenvalue weighted by molar-refractivity contribution is -0.140. The Balaban J connectivity index is 2.65. The molecule has 0 aromatic heterocycles. The van der Waals surface area contributed by atoms with Gasteiger partial charge in [0.05, 0.1) is 7.11 Å². The Hall–Kier alpha value is -0.830. The molecule has 2 nitrogen and oxygen atoms in total. The standard InChI is InChI=1S/C13H17BrO2/c1-9(4-7-13(15)16-3)12-6-5-11(14)8-10(12)2/h5-6,8-9H,4,7H2,1-3H3/t9-/m0/s1. The van der Waals surface area contributed by atoms with Crippen LogP contribution in [0.4, 0.5) is 0 Å². The van der Waals surface area contributed by atoms with Crippen molar-refractivity contribution in [2.45, 2.75) is 32.6 Å². The molecule has 16 heavy (non-hydrogen) atoms. The first-order valence-corrected chi connectivity index (χ1v) is 6.16. The third kappa shape index (κ3) is 3.63. The van der Waals surface area contributed by atoms with Crippen molar-refractivity contribution in [2.24, 2.45) is 0 Å². The van der Waals surface area contributed by atoms with Crippen LogP contribution >= 0.6 is 15.9 Å². The lowest BCUT2D eigenvalue weighted by atomic mass is 9.93. The summed E-state index contributed by atoms with van der Waals surface area (Å²) in [5.74, 6) is 0.244. The summed E-state index contributed by atoms with van der Waals surface area (Å²) in [6.45, 7) is 4.23. The summed E-state index contributed by atoms with van der Waals surface area (Å²) < 4.78 is 5.73. The smallest absolute Gasteiger partial charge is 0.305 e. The molecule has 1 rings (SSSR count). The fourth-order valence-electron chi connectivity index (χ4n) is 1.78. The van der Waals surface area contributed by atoms with Crippen molar-refractivity contribution in [2.75, 3.05) is 7.11 Å². The van der Waals surface area contributed by atoms with Crippen LogP contribution in [0.1, 0.15) is 36.8 Å². The SMILES string of the molecule is COC(=O)CC[C@H](C)c1ccc(Br)cc1C. The number of ether oxygens (including phenoxy) is 1. The predicted octanol–water partition coefficient (Wildman–Crippen LogP) is 3.81. The maximum atomic E-state index is 11.1. The highest BCUT2D eigenvalue weighted by Gasteiger charge is 2.11. The van der Waals surface area contributed by atoms with Gasteiger partial charge in [0.1, 0.15) is 0 Å². The van der Waals surface area contributed by atoms with Crippen LogP contribution in [0.3, 0.4) is 0 Å². The third-order valence-electron chi connectivity index (χ3n) is 2.77. The van der Waals surface area contributed by atoms with E-state index in [9.17, 15) is 4.79 Å². The molecule has 0 saturated heterocycles. The number of rotatable bonds is 4. The average molecular weight is 285 g/mol. The monoisotopic (exact) mass is 284 g/mol. The summed E-state index contributed by atoms with van der Waals surface area (Å²) in [5.41, 5.74) is 2.55. The van der Waals surface area contributed by atoms with Gasteiger partial charge in [0.15, 0.2) is 0 Å². The van der Waals surface area contributed by atoms with Gasteiger partial charge in [-0.1, -0.05) is 28.9 Å². The highest BCUT2D eigenvalue weighted by molar-refractivity contribution is 9.10. The van der Waals surface area contributed by atoms with Crippen LogP contribution in [-0.4, -0.2) is 13.1 Å². The minimum Gasteiger partial charge on any atom is -0.469 e. The number of benzene rings is 1. The molecule has 88 valence electrons. The summed E-state index contributed by atoms with van der Waals surface area (Å²) in [4.78, 5) is 11.1. The second-order valence-electron chi connectivity index (χ2n) is 4.02. The molecule has 0 aliphatic heterocycles. The topological polar surface area (TPSA) is 26.3 Å². The van der Waals surface area contributed by atoms with Gasteiger partial charge < -0.3 is 4.74 Å². The summed E-state index contributed by atoms with van der Waals surface area (Å²) in [7, 11) is 1.43. The van der Waals surface area contributed by atoms with Crippen molar-refractivity contribution in [1.82, 2.24) is 0 Å². The number of esters is 1. The van der Waals surface area contributed by atoms with Crippen molar-refractivity contribution in [3.8, 4) is 0 Å². The maximum absolute atomic E-state index is 11.1. The fraction of sp³-hybridized carbons (Fsp3) is 0.462. The molecular weight excluding hydrogens is 268 g/mol. The number of hydrogen-bond acceptors (Lipinski definition) is 2. The van der Waals surface area contributed by atoms with E-state index in [1.54, 1.807) is 0 Å². The first kappa shape index (κ1) is 13.2. The largest absolute Gasteiger partial charge is 0.469 e. The zero-order valence-electron chi connectivity index (χ0n) is 9.92. The van der Waals surface area contributed by atoms with Gasteiger partial charge >= 0.3 is 5.97 Å². The van der Waals surface area contributed by atoms with Crippen molar-refractivity contribution in [3.05, 3.63) is 33.8 Å². The Kier molecular flexibility index (Phi) is 5.00. The number of carbonyl (C=O) groups is 1. The first-order valence-electron chi connectivity index (χ1n) is 5.37. The number of carbonyl (C=O) groups excluding carboxylic acids is 1. The number of halogens is 1. The molecule has 1 aromatic carbocycles. The van der Waals surface area contributed by atoms with Crippen LogP contribution in [0.15, 0.2) is 22.7 Å². The molecule has 0 saturated carbocycles. The zero-order valence-corrected chi connectivity index (χ0v) is 11.5. The van der Waals surface area contributed by atoms with Crippen molar-refractivity contribution >= 4 is 21.9 Å². The van der Waals surface area contributed by atoms with Gasteiger partial charge in [-0.15, -0.1) is 0 Å². The molecule has 0 heterocycles. The lowest BCUT2D eigenvalue weighted by Gasteiger charge is -2.14. The van der Waals surface area contributed by atoms with E-state index < -0.39 is 0 Å². The van der Waals surface area contributed by atoms with E-state index in [1.165, 1.54) is 18.2 Å². The van der Waals surface area contributed by atoms with Gasteiger partial charge in [-0.25, -0.2) is 0 Å². The quantitative estimate of drug-likeness (QED) is 0.786. The minimum atomic E-state index is -0.137. The minimum absolute atomic E-state index is 0.137. The van der Waals surface area contributed by atoms with Gasteiger partial charge in [0, 0.05) is 10.9 Å². The summed E-state index contributed by atoms with van der Waals surface area (Å²) in [6, 6.07) is 6.25. The van der Waals surface area contributed by atoms with E-state index in [0.29, 0.717) is 12.3 Å². The van der Waals surface area contributed by atoms with Crippen LogP contribution < -0.4 is 0 Å². The number of aryl methyl sites for hydroxylation is 1. The van der Waals surface area contributed by atoms with Crippen molar-refractivity contribution in [1.29, 1.82) is 0 Å². The number of hydrogen-bond donors (Lipinski definition) is 0. The predicted molar refractivity (Wildman–Crippen MR) is 68.5 cm³/mol. The maximum Gasteiger partial charge on any atom is 0.305 e. The van der Waals surface area contributed by atoms with E-state index in [0.717, 1.165) is 10.9 Å². The Morgan fingerprint density at radius 3 is 2.75 bits per heavy atom. The Morgan fingerprint density at radius 1 is 1.50 bits per heavy atom. The molecule has 0 spiro atoms. The lowest BCUT2D eigenvalue weighted by Crippen LogP contribution is -2.04. The van der Waals surface area contributed by atoms with Gasteiger partial charge in [0.2, 0.25) is 0 Å². The Morgan fingerprint density at radius 2 is 2.19 bits per heavy atom. The van der Waals surface area contributed by atoms with E-state index >= 15 is 0 Å². The summed E-state index contributed by atoms with van der Waals surface area (Å²) in [5, 5.41) is 0. The van der Waals surface area contributed by atoms with E-state index in [1.807, 2.05) is 6.07 Å². The number of methoxy groups -OCH3 is 1. The fourth-order valence-corrected chi connectivity index (χ4v) is 2.26. The van der Waals surface area contributed by atoms with Gasteiger partial charge in [-0.3, -0.25) is 4.79 Å². The van der Waals surface area contributed by atoms with Gasteiger partial charge in [-0.05, 0) is 42.5 Å². The normalized spacial score (nSPS) is 12.2. The van der Waals surface area contributed by atoms with E-state index in [2.05, 4.69) is 46.6 Å². The van der Waals surface area contributed by atoms with Crippen LogP contribution in [-0.2, 0) is 9.53 Å². The Labute approximate surface area is 105 Å². The van der Waals surface area contributed by atoms with Crippen molar-refractivity contribution in [3.63, 3.8) is 0 Å². The highest BCUT2D eigenvalue weighted by Crippen LogP contribution is 2.26. The van der Waals surface area contributed by atoms with Crippen molar-refractivity contribution < 1.29 is 9.53 Å². The molecule has 3 heteroatoms. The van der Waals surface area contributed by atoms with Crippen LogP contribution in [0, 0.1) is 6.92 Å². The zero-order chi connectivity index (χ0) is 12.1. The second-order valence-corrected chi connectivity index (χ2v) is 4.93. The van der Waals surface area contributed by atoms with Crippen LogP contribution in [0.2, 0.25) is 0 Å². The first-order chi connectivity index (χ1) is 7.54. The molecule has 0 radical (unpaired) electrons. The Bertz CT molecular complexity index is 374. The molecule has 0 amide bonds. The summed E-state index contributed by atoms with van der Waals surface area (Å²) in [6.07, 6.45) is 1.31. The molecule has 0 fully saturated rings.